The Kier molecular flexibility index (Phi) is 5.36. The Morgan fingerprint density at radius 1 is 1.22 bits per heavy atom. The molecule has 98 valence electrons. The fraction of sp³-hybridized carbons (Fsp3) is 0.429. The molecule has 0 bridgehead atoms. The van der Waals surface area contributed by atoms with Gasteiger partial charge in [0.05, 0.1) is 7.11 Å². The van der Waals surface area contributed by atoms with Crippen LogP contribution in [0.1, 0.15) is 29.3 Å². The number of carbonyl (C=O) groups excluding carboxylic acids is 2. The average Bonchev–Trinajstić information content (AvgIpc) is 2.39. The SMILES string of the molecule is CCN(CCC(=O)c1ccc(C)cc1)C(=O)OC. The van der Waals surface area contributed by atoms with Gasteiger partial charge in [0.2, 0.25) is 0 Å². The monoisotopic (exact) mass is 249 g/mol. The number of ketones is 1. The third-order valence-electron chi connectivity index (χ3n) is 2.80. The van der Waals surface area contributed by atoms with Gasteiger partial charge in [0.15, 0.2) is 5.78 Å². The lowest BCUT2D eigenvalue weighted by molar-refractivity contribution is 0.0951. The first-order valence-electron chi connectivity index (χ1n) is 6.01. The molecule has 0 aliphatic heterocycles. The maximum atomic E-state index is 11.9. The first kappa shape index (κ1) is 14.2. The molecule has 0 aliphatic rings. The summed E-state index contributed by atoms with van der Waals surface area (Å²) in [5, 5.41) is 0. The molecular formula is C14H19NO3. The summed E-state index contributed by atoms with van der Waals surface area (Å²) in [6.45, 7) is 4.75. The van der Waals surface area contributed by atoms with Crippen molar-refractivity contribution in [3.8, 4) is 0 Å². The molecule has 0 N–H and O–H groups in total. The number of benzene rings is 1. The zero-order valence-corrected chi connectivity index (χ0v) is 11.1. The topological polar surface area (TPSA) is 46.6 Å². The highest BCUT2D eigenvalue weighted by Gasteiger charge is 2.13. The van der Waals surface area contributed by atoms with E-state index in [-0.39, 0.29) is 5.78 Å². The third-order valence-corrected chi connectivity index (χ3v) is 2.80. The van der Waals surface area contributed by atoms with Crippen LogP contribution in [-0.4, -0.2) is 37.0 Å². The number of aryl methyl sites for hydroxylation is 1. The molecule has 0 saturated carbocycles. The maximum absolute atomic E-state index is 11.9. The number of methoxy groups -OCH3 is 1. The molecule has 0 atom stereocenters. The van der Waals surface area contributed by atoms with Gasteiger partial charge in [0.25, 0.3) is 0 Å². The molecule has 0 spiro atoms. The Hall–Kier alpha value is -1.84. The number of ether oxygens (including phenoxy) is 1. The van der Waals surface area contributed by atoms with Gasteiger partial charge in [0.1, 0.15) is 0 Å². The summed E-state index contributed by atoms with van der Waals surface area (Å²) in [4.78, 5) is 24.7. The van der Waals surface area contributed by atoms with Crippen molar-refractivity contribution in [2.24, 2.45) is 0 Å². The molecule has 1 aromatic rings. The summed E-state index contributed by atoms with van der Waals surface area (Å²) in [7, 11) is 1.34. The van der Waals surface area contributed by atoms with Crippen LogP contribution in [0.25, 0.3) is 0 Å². The van der Waals surface area contributed by atoms with Crippen molar-refractivity contribution in [1.29, 1.82) is 0 Å². The van der Waals surface area contributed by atoms with E-state index in [9.17, 15) is 9.59 Å². The zero-order valence-electron chi connectivity index (χ0n) is 11.1. The maximum Gasteiger partial charge on any atom is 0.409 e. The molecule has 0 aromatic heterocycles. The summed E-state index contributed by atoms with van der Waals surface area (Å²) in [6, 6.07) is 7.44. The van der Waals surface area contributed by atoms with E-state index in [0.717, 1.165) is 5.56 Å². The fourth-order valence-corrected chi connectivity index (χ4v) is 1.63. The Balaban J connectivity index is 2.55. The normalized spacial score (nSPS) is 9.94. The molecule has 4 heteroatoms. The predicted octanol–water partition coefficient (Wildman–Crippen LogP) is 2.66. The van der Waals surface area contributed by atoms with E-state index in [1.165, 1.54) is 12.0 Å². The van der Waals surface area contributed by atoms with Gasteiger partial charge < -0.3 is 9.64 Å². The molecule has 0 unspecified atom stereocenters. The number of hydrogen-bond donors (Lipinski definition) is 0. The standard InChI is InChI=1S/C14H19NO3/c1-4-15(14(17)18-3)10-9-13(16)12-7-5-11(2)6-8-12/h5-8H,4,9-10H2,1-3H3. The number of rotatable bonds is 5. The van der Waals surface area contributed by atoms with E-state index in [2.05, 4.69) is 4.74 Å². The van der Waals surface area contributed by atoms with Crippen LogP contribution in [0.3, 0.4) is 0 Å². The minimum Gasteiger partial charge on any atom is -0.453 e. The van der Waals surface area contributed by atoms with E-state index in [1.807, 2.05) is 38.1 Å². The lowest BCUT2D eigenvalue weighted by Gasteiger charge is -2.18. The van der Waals surface area contributed by atoms with Crippen LogP contribution in [0.5, 0.6) is 0 Å². The number of nitrogens with zero attached hydrogens (tertiary/aromatic N) is 1. The lowest BCUT2D eigenvalue weighted by atomic mass is 10.1. The first-order chi connectivity index (χ1) is 8.58. The van der Waals surface area contributed by atoms with Crippen LogP contribution in [0.15, 0.2) is 24.3 Å². The minimum atomic E-state index is -0.394. The van der Waals surface area contributed by atoms with Gasteiger partial charge >= 0.3 is 6.09 Å². The molecule has 0 saturated heterocycles. The lowest BCUT2D eigenvalue weighted by Crippen LogP contribution is -2.32. The predicted molar refractivity (Wildman–Crippen MR) is 69.8 cm³/mol. The van der Waals surface area contributed by atoms with E-state index in [4.69, 9.17) is 0 Å². The van der Waals surface area contributed by atoms with Crippen LogP contribution in [0.2, 0.25) is 0 Å². The van der Waals surface area contributed by atoms with Gasteiger partial charge in [-0.3, -0.25) is 4.79 Å². The Bertz CT molecular complexity index is 412. The van der Waals surface area contributed by atoms with Gasteiger partial charge in [-0.25, -0.2) is 4.79 Å². The van der Waals surface area contributed by atoms with Crippen molar-refractivity contribution >= 4 is 11.9 Å². The van der Waals surface area contributed by atoms with Crippen molar-refractivity contribution in [3.63, 3.8) is 0 Å². The van der Waals surface area contributed by atoms with Gasteiger partial charge in [-0.15, -0.1) is 0 Å². The van der Waals surface area contributed by atoms with Crippen LogP contribution in [-0.2, 0) is 4.74 Å². The highest BCUT2D eigenvalue weighted by Crippen LogP contribution is 2.07. The number of hydrogen-bond acceptors (Lipinski definition) is 3. The largest absolute Gasteiger partial charge is 0.453 e. The molecule has 1 amide bonds. The molecule has 0 radical (unpaired) electrons. The molecule has 4 nitrogen and oxygen atoms in total. The summed E-state index contributed by atoms with van der Waals surface area (Å²) >= 11 is 0. The summed E-state index contributed by atoms with van der Waals surface area (Å²) in [5.74, 6) is 0.0392. The number of amides is 1. The van der Waals surface area contributed by atoms with E-state index in [0.29, 0.717) is 25.1 Å². The quantitative estimate of drug-likeness (QED) is 0.754. The van der Waals surface area contributed by atoms with Gasteiger partial charge in [-0.05, 0) is 13.8 Å². The van der Waals surface area contributed by atoms with Gasteiger partial charge in [-0.2, -0.15) is 0 Å². The Morgan fingerprint density at radius 2 is 1.83 bits per heavy atom. The molecule has 0 aliphatic carbocycles. The molecular weight excluding hydrogens is 230 g/mol. The third kappa shape index (κ3) is 3.87. The van der Waals surface area contributed by atoms with Crippen LogP contribution in [0, 0.1) is 6.92 Å². The van der Waals surface area contributed by atoms with E-state index in [1.54, 1.807) is 0 Å². The second-order valence-corrected chi connectivity index (χ2v) is 4.09. The smallest absolute Gasteiger partial charge is 0.409 e. The van der Waals surface area contributed by atoms with Crippen LogP contribution < -0.4 is 0 Å². The second kappa shape index (κ2) is 6.79. The van der Waals surface area contributed by atoms with Gasteiger partial charge in [0, 0.05) is 25.1 Å². The van der Waals surface area contributed by atoms with Crippen molar-refractivity contribution in [2.45, 2.75) is 20.3 Å². The summed E-state index contributed by atoms with van der Waals surface area (Å²) in [6.07, 6.45) is -0.0827. The highest BCUT2D eigenvalue weighted by molar-refractivity contribution is 5.96. The zero-order chi connectivity index (χ0) is 13.5. The number of Topliss-reactive ketones (excluding diaryl/α,β-unsaturated/α-hetero) is 1. The van der Waals surface area contributed by atoms with E-state index >= 15 is 0 Å². The number of carbonyl (C=O) groups is 2. The first-order valence-corrected chi connectivity index (χ1v) is 6.01. The van der Waals surface area contributed by atoms with E-state index < -0.39 is 6.09 Å². The second-order valence-electron chi connectivity index (χ2n) is 4.09. The molecule has 0 fully saturated rings. The Labute approximate surface area is 108 Å². The van der Waals surface area contributed by atoms with Crippen molar-refractivity contribution in [1.82, 2.24) is 4.90 Å². The van der Waals surface area contributed by atoms with Crippen molar-refractivity contribution in [3.05, 3.63) is 35.4 Å². The van der Waals surface area contributed by atoms with Crippen molar-refractivity contribution in [2.75, 3.05) is 20.2 Å². The van der Waals surface area contributed by atoms with Crippen molar-refractivity contribution < 1.29 is 14.3 Å². The minimum absolute atomic E-state index is 0.0392. The molecule has 1 aromatic carbocycles. The summed E-state index contributed by atoms with van der Waals surface area (Å²) < 4.78 is 4.63. The molecule has 1 rings (SSSR count). The van der Waals surface area contributed by atoms with Crippen LogP contribution in [0.4, 0.5) is 4.79 Å². The Morgan fingerprint density at radius 3 is 2.33 bits per heavy atom. The summed E-state index contributed by atoms with van der Waals surface area (Å²) in [5.41, 5.74) is 1.80. The molecule has 18 heavy (non-hydrogen) atoms. The van der Waals surface area contributed by atoms with Gasteiger partial charge in [-0.1, -0.05) is 29.8 Å². The average molecular weight is 249 g/mol. The van der Waals surface area contributed by atoms with Crippen LogP contribution >= 0.6 is 0 Å². The fourth-order valence-electron chi connectivity index (χ4n) is 1.63. The highest BCUT2D eigenvalue weighted by atomic mass is 16.5. The molecule has 0 heterocycles.